The number of rotatable bonds is 6. The summed E-state index contributed by atoms with van der Waals surface area (Å²) < 4.78 is 59.6. The predicted molar refractivity (Wildman–Crippen MR) is 111 cm³/mol. The van der Waals surface area contributed by atoms with Crippen LogP contribution in [0.4, 0.5) is 0 Å². The SMILES string of the molecule is Cc1ccc(S(=O)(=O)Oc2ccc(OS(=O)(=O)c3ccc(C)cc3)c(=O)cc2)cc1. The van der Waals surface area contributed by atoms with Crippen molar-refractivity contribution in [1.29, 1.82) is 0 Å². The highest BCUT2D eigenvalue weighted by Crippen LogP contribution is 2.21. The molecule has 0 amide bonds. The number of hydrogen-bond acceptors (Lipinski definition) is 7. The molecular formula is C21H18O7S2. The van der Waals surface area contributed by atoms with Crippen LogP contribution in [0.5, 0.6) is 11.5 Å². The molecule has 0 radical (unpaired) electrons. The molecule has 0 saturated heterocycles. The molecule has 0 bridgehead atoms. The van der Waals surface area contributed by atoms with Gasteiger partial charge in [0.1, 0.15) is 15.5 Å². The lowest BCUT2D eigenvalue weighted by Crippen LogP contribution is -2.14. The molecule has 156 valence electrons. The average molecular weight is 447 g/mol. The van der Waals surface area contributed by atoms with Crippen molar-refractivity contribution >= 4 is 20.2 Å². The number of benzene rings is 2. The molecule has 0 heterocycles. The van der Waals surface area contributed by atoms with Crippen LogP contribution < -0.4 is 13.8 Å². The van der Waals surface area contributed by atoms with Crippen LogP contribution >= 0.6 is 0 Å². The molecule has 3 rings (SSSR count). The lowest BCUT2D eigenvalue weighted by molar-refractivity contribution is 0.481. The molecule has 0 atom stereocenters. The van der Waals surface area contributed by atoms with E-state index in [4.69, 9.17) is 8.37 Å². The summed E-state index contributed by atoms with van der Waals surface area (Å²) in [7, 11) is -8.37. The van der Waals surface area contributed by atoms with Gasteiger partial charge in [0.05, 0.1) is 0 Å². The first-order valence-corrected chi connectivity index (χ1v) is 11.6. The zero-order valence-corrected chi connectivity index (χ0v) is 17.7. The second-order valence-corrected chi connectivity index (χ2v) is 9.59. The van der Waals surface area contributed by atoms with Crippen LogP contribution in [0.25, 0.3) is 0 Å². The van der Waals surface area contributed by atoms with Crippen LogP contribution in [0, 0.1) is 13.8 Å². The third-order valence-corrected chi connectivity index (χ3v) is 6.58. The fraction of sp³-hybridized carbons (Fsp3) is 0.0952. The highest BCUT2D eigenvalue weighted by atomic mass is 32.2. The Kier molecular flexibility index (Phi) is 5.95. The standard InChI is InChI=1S/C21H18O7S2/c1-15-3-9-18(10-4-15)29(23,24)27-17-7-13-20(22)21(14-8-17)28-30(25,26)19-11-5-16(2)6-12-19/h3-14H,1-2H3. The molecule has 0 aliphatic rings. The normalized spacial score (nSPS) is 11.7. The highest BCUT2D eigenvalue weighted by molar-refractivity contribution is 7.87. The van der Waals surface area contributed by atoms with E-state index in [9.17, 15) is 21.6 Å². The molecular weight excluding hydrogens is 428 g/mol. The fourth-order valence-electron chi connectivity index (χ4n) is 2.41. The summed E-state index contributed by atoms with van der Waals surface area (Å²) in [6.07, 6.45) is 0. The quantitative estimate of drug-likeness (QED) is 0.536. The van der Waals surface area contributed by atoms with Gasteiger partial charge in [0.25, 0.3) is 0 Å². The Labute approximate surface area is 174 Å². The second kappa shape index (κ2) is 8.29. The van der Waals surface area contributed by atoms with Crippen molar-refractivity contribution in [2.24, 2.45) is 0 Å². The van der Waals surface area contributed by atoms with Gasteiger partial charge in [-0.3, -0.25) is 4.79 Å². The minimum atomic E-state index is -4.24. The Balaban J connectivity index is 1.88. The monoisotopic (exact) mass is 446 g/mol. The Bertz CT molecular complexity index is 1330. The number of hydrogen-bond donors (Lipinski definition) is 0. The van der Waals surface area contributed by atoms with Crippen molar-refractivity contribution in [3.63, 3.8) is 0 Å². The third kappa shape index (κ3) is 5.05. The smallest absolute Gasteiger partial charge is 0.339 e. The predicted octanol–water partition coefficient (Wildman–Crippen LogP) is 3.20. The maximum Gasteiger partial charge on any atom is 0.339 e. The summed E-state index contributed by atoms with van der Waals surface area (Å²) in [5.74, 6) is -0.659. The van der Waals surface area contributed by atoms with E-state index in [1.807, 2.05) is 6.92 Å². The van der Waals surface area contributed by atoms with Crippen LogP contribution in [0.2, 0.25) is 0 Å². The average Bonchev–Trinajstić information content (AvgIpc) is 2.84. The molecule has 0 saturated carbocycles. The minimum Gasteiger partial charge on any atom is -0.379 e. The zero-order valence-electron chi connectivity index (χ0n) is 16.1. The van der Waals surface area contributed by atoms with E-state index in [0.717, 1.165) is 35.4 Å². The highest BCUT2D eigenvalue weighted by Gasteiger charge is 2.19. The molecule has 0 fully saturated rings. The molecule has 0 aliphatic carbocycles. The van der Waals surface area contributed by atoms with Gasteiger partial charge in [-0.1, -0.05) is 35.4 Å². The second-order valence-electron chi connectivity index (χ2n) is 6.50. The van der Waals surface area contributed by atoms with Crippen molar-refractivity contribution < 1.29 is 25.2 Å². The van der Waals surface area contributed by atoms with E-state index >= 15 is 0 Å². The Morgan fingerprint density at radius 1 is 0.567 bits per heavy atom. The van der Waals surface area contributed by atoms with Crippen LogP contribution in [0.15, 0.2) is 87.4 Å². The third-order valence-electron chi connectivity index (χ3n) is 4.07. The van der Waals surface area contributed by atoms with E-state index in [1.54, 1.807) is 31.2 Å². The van der Waals surface area contributed by atoms with Crippen LogP contribution in [-0.4, -0.2) is 16.8 Å². The first-order valence-electron chi connectivity index (χ1n) is 8.73. The Morgan fingerprint density at radius 2 is 1.00 bits per heavy atom. The Hall–Kier alpha value is -3.17. The molecule has 0 N–H and O–H groups in total. The largest absolute Gasteiger partial charge is 0.379 e. The van der Waals surface area contributed by atoms with Gasteiger partial charge in [0.15, 0.2) is 5.75 Å². The topological polar surface area (TPSA) is 104 Å². The van der Waals surface area contributed by atoms with E-state index in [1.165, 1.54) is 24.3 Å². The molecule has 30 heavy (non-hydrogen) atoms. The molecule has 3 aromatic rings. The molecule has 0 spiro atoms. The van der Waals surface area contributed by atoms with E-state index in [-0.39, 0.29) is 15.5 Å². The van der Waals surface area contributed by atoms with Gasteiger partial charge in [-0.25, -0.2) is 0 Å². The lowest BCUT2D eigenvalue weighted by atomic mass is 10.2. The molecule has 0 unspecified atom stereocenters. The van der Waals surface area contributed by atoms with Gasteiger partial charge in [0.2, 0.25) is 5.43 Å². The molecule has 9 heteroatoms. The summed E-state index contributed by atoms with van der Waals surface area (Å²) in [6.45, 7) is 3.62. The van der Waals surface area contributed by atoms with Crippen LogP contribution in [0.3, 0.4) is 0 Å². The van der Waals surface area contributed by atoms with Gasteiger partial charge in [-0.2, -0.15) is 16.8 Å². The molecule has 0 aromatic heterocycles. The van der Waals surface area contributed by atoms with Crippen molar-refractivity contribution in [3.8, 4) is 11.5 Å². The van der Waals surface area contributed by atoms with E-state index in [2.05, 4.69) is 0 Å². The van der Waals surface area contributed by atoms with Gasteiger partial charge >= 0.3 is 20.2 Å². The first kappa shape index (κ1) is 21.5. The van der Waals surface area contributed by atoms with Crippen molar-refractivity contribution in [3.05, 3.63) is 94.1 Å². The van der Waals surface area contributed by atoms with Gasteiger partial charge < -0.3 is 8.37 Å². The minimum absolute atomic E-state index is 0.0552. The van der Waals surface area contributed by atoms with E-state index < -0.39 is 31.4 Å². The van der Waals surface area contributed by atoms with Gasteiger partial charge in [-0.05, 0) is 62.4 Å². The summed E-state index contributed by atoms with van der Waals surface area (Å²) in [5, 5.41) is 0. The Morgan fingerprint density at radius 3 is 1.50 bits per heavy atom. The molecule has 7 nitrogen and oxygen atoms in total. The summed E-state index contributed by atoms with van der Waals surface area (Å²) >= 11 is 0. The number of aryl methyl sites for hydroxylation is 2. The van der Waals surface area contributed by atoms with Crippen LogP contribution in [-0.2, 0) is 20.2 Å². The van der Waals surface area contributed by atoms with Gasteiger partial charge in [0, 0.05) is 0 Å². The summed E-state index contributed by atoms with van der Waals surface area (Å²) in [5.41, 5.74) is 0.988. The van der Waals surface area contributed by atoms with Crippen LogP contribution in [0.1, 0.15) is 11.1 Å². The summed E-state index contributed by atoms with van der Waals surface area (Å²) in [4.78, 5) is 12.0. The molecule has 3 aromatic carbocycles. The van der Waals surface area contributed by atoms with Gasteiger partial charge in [-0.15, -0.1) is 0 Å². The lowest BCUT2D eigenvalue weighted by Gasteiger charge is -2.06. The first-order chi connectivity index (χ1) is 14.1. The maximum atomic E-state index is 12.4. The van der Waals surface area contributed by atoms with E-state index in [0.29, 0.717) is 0 Å². The maximum absolute atomic E-state index is 12.4. The van der Waals surface area contributed by atoms with Crippen molar-refractivity contribution in [2.75, 3.05) is 0 Å². The van der Waals surface area contributed by atoms with Crippen molar-refractivity contribution in [2.45, 2.75) is 23.6 Å². The zero-order chi connectivity index (χ0) is 21.9. The van der Waals surface area contributed by atoms with Crippen molar-refractivity contribution in [1.82, 2.24) is 0 Å². The molecule has 0 aliphatic heterocycles. The summed E-state index contributed by atoms with van der Waals surface area (Å²) in [6, 6.07) is 16.3. The fourth-order valence-corrected chi connectivity index (χ4v) is 4.28.